The molecule has 2 aliphatic carbocycles. The van der Waals surface area contributed by atoms with Crippen molar-refractivity contribution in [1.29, 1.82) is 0 Å². The number of rotatable bonds is 1. The predicted octanol–water partition coefficient (Wildman–Crippen LogP) is 1.52. The van der Waals surface area contributed by atoms with E-state index in [1.807, 2.05) is 0 Å². The van der Waals surface area contributed by atoms with Gasteiger partial charge in [-0.2, -0.15) is 0 Å². The second-order valence-electron chi connectivity index (χ2n) is 3.97. The van der Waals surface area contributed by atoms with Gasteiger partial charge in [-0.25, -0.2) is 0 Å². The van der Waals surface area contributed by atoms with Crippen LogP contribution in [0.2, 0.25) is 0 Å². The molecule has 15 heavy (non-hydrogen) atoms. The molecule has 0 unspecified atom stereocenters. The molecule has 2 rings (SSSR count). The van der Waals surface area contributed by atoms with Crippen molar-refractivity contribution < 1.29 is 14.4 Å². The molecule has 0 aromatic rings. The highest BCUT2D eigenvalue weighted by atomic mass is 16.1. The van der Waals surface area contributed by atoms with Crippen LogP contribution in [0.15, 0.2) is 22.8 Å². The van der Waals surface area contributed by atoms with Crippen LogP contribution in [-0.2, 0) is 14.4 Å². The van der Waals surface area contributed by atoms with Gasteiger partial charge >= 0.3 is 0 Å². The molecule has 0 radical (unpaired) electrons. The SMILES string of the molecule is CC(=O)C1=CCC2=C(C1)C(=O)CCC2=O. The van der Waals surface area contributed by atoms with Gasteiger partial charge < -0.3 is 0 Å². The number of Topliss-reactive ketones (excluding diaryl/α,β-unsaturated/α-hetero) is 3. The van der Waals surface area contributed by atoms with E-state index >= 15 is 0 Å². The molecule has 0 saturated heterocycles. The fourth-order valence-electron chi connectivity index (χ4n) is 2.06. The van der Waals surface area contributed by atoms with E-state index in [1.165, 1.54) is 6.92 Å². The number of hydrogen-bond acceptors (Lipinski definition) is 3. The highest BCUT2D eigenvalue weighted by Crippen LogP contribution is 2.31. The Balaban J connectivity index is 2.33. The lowest BCUT2D eigenvalue weighted by molar-refractivity contribution is -0.122. The molecule has 0 atom stereocenters. The normalized spacial score (nSPS) is 21.3. The molecular weight excluding hydrogens is 192 g/mol. The molecule has 0 fully saturated rings. The number of hydrogen-bond donors (Lipinski definition) is 0. The minimum Gasteiger partial charge on any atom is -0.295 e. The third-order valence-corrected chi connectivity index (χ3v) is 2.99. The van der Waals surface area contributed by atoms with Crippen molar-refractivity contribution in [2.24, 2.45) is 0 Å². The number of carbonyl (C=O) groups excluding carboxylic acids is 3. The van der Waals surface area contributed by atoms with Crippen LogP contribution in [0.1, 0.15) is 32.6 Å². The third kappa shape index (κ3) is 1.69. The summed E-state index contributed by atoms with van der Waals surface area (Å²) in [5.74, 6) is 0.104. The molecule has 0 aromatic heterocycles. The van der Waals surface area contributed by atoms with Gasteiger partial charge in [0.05, 0.1) is 0 Å². The van der Waals surface area contributed by atoms with Crippen LogP contribution in [0.5, 0.6) is 0 Å². The van der Waals surface area contributed by atoms with Gasteiger partial charge in [-0.3, -0.25) is 14.4 Å². The predicted molar refractivity (Wildman–Crippen MR) is 54.3 cm³/mol. The molecule has 0 aliphatic heterocycles. The molecule has 0 saturated carbocycles. The molecular formula is C12H12O3. The third-order valence-electron chi connectivity index (χ3n) is 2.99. The van der Waals surface area contributed by atoms with Crippen LogP contribution in [0.25, 0.3) is 0 Å². The van der Waals surface area contributed by atoms with Crippen molar-refractivity contribution in [1.82, 2.24) is 0 Å². The highest BCUT2D eigenvalue weighted by molar-refractivity contribution is 6.13. The van der Waals surface area contributed by atoms with Crippen LogP contribution >= 0.6 is 0 Å². The molecule has 0 amide bonds. The van der Waals surface area contributed by atoms with E-state index in [0.717, 1.165) is 0 Å². The Morgan fingerprint density at radius 3 is 2.33 bits per heavy atom. The lowest BCUT2D eigenvalue weighted by Gasteiger charge is -2.21. The maximum Gasteiger partial charge on any atom is 0.160 e. The first-order valence-corrected chi connectivity index (χ1v) is 5.08. The van der Waals surface area contributed by atoms with Crippen LogP contribution in [0.4, 0.5) is 0 Å². The maximum atomic E-state index is 11.6. The molecule has 0 N–H and O–H groups in total. The highest BCUT2D eigenvalue weighted by Gasteiger charge is 2.29. The topological polar surface area (TPSA) is 51.2 Å². The first-order chi connectivity index (χ1) is 7.09. The van der Waals surface area contributed by atoms with E-state index in [4.69, 9.17) is 0 Å². The van der Waals surface area contributed by atoms with Crippen LogP contribution in [-0.4, -0.2) is 17.3 Å². The molecule has 3 heteroatoms. The molecule has 0 heterocycles. The molecule has 0 aromatic carbocycles. The summed E-state index contributed by atoms with van der Waals surface area (Å²) in [7, 11) is 0. The Morgan fingerprint density at radius 2 is 1.73 bits per heavy atom. The van der Waals surface area contributed by atoms with Crippen molar-refractivity contribution in [3.05, 3.63) is 22.8 Å². The van der Waals surface area contributed by atoms with Crippen molar-refractivity contribution in [3.63, 3.8) is 0 Å². The van der Waals surface area contributed by atoms with Gasteiger partial charge in [0.25, 0.3) is 0 Å². The Kier molecular flexibility index (Phi) is 2.39. The Morgan fingerprint density at radius 1 is 1.13 bits per heavy atom. The molecule has 2 aliphatic rings. The standard InChI is InChI=1S/C12H12O3/c1-7(13)8-2-3-9-10(6-8)12(15)5-4-11(9)14/h2H,3-6H2,1H3. The van der Waals surface area contributed by atoms with Crippen molar-refractivity contribution in [2.45, 2.75) is 32.6 Å². The van der Waals surface area contributed by atoms with Gasteiger partial charge in [0.2, 0.25) is 0 Å². The second kappa shape index (κ2) is 3.57. The second-order valence-corrected chi connectivity index (χ2v) is 3.97. The minimum absolute atomic E-state index is 0.00706. The Hall–Kier alpha value is -1.51. The number of allylic oxidation sites excluding steroid dienone is 4. The zero-order valence-electron chi connectivity index (χ0n) is 8.63. The summed E-state index contributed by atoms with van der Waals surface area (Å²) in [5.41, 5.74) is 1.88. The molecule has 0 bridgehead atoms. The lowest BCUT2D eigenvalue weighted by atomic mass is 9.80. The summed E-state index contributed by atoms with van der Waals surface area (Å²) in [5, 5.41) is 0. The van der Waals surface area contributed by atoms with Gasteiger partial charge in [-0.15, -0.1) is 0 Å². The zero-order valence-corrected chi connectivity index (χ0v) is 8.63. The van der Waals surface area contributed by atoms with Crippen LogP contribution in [0.3, 0.4) is 0 Å². The number of ketones is 3. The van der Waals surface area contributed by atoms with E-state index in [2.05, 4.69) is 0 Å². The van der Waals surface area contributed by atoms with Gasteiger partial charge in [0.1, 0.15) is 0 Å². The van der Waals surface area contributed by atoms with Gasteiger partial charge in [-0.1, -0.05) is 6.08 Å². The van der Waals surface area contributed by atoms with E-state index < -0.39 is 0 Å². The van der Waals surface area contributed by atoms with Gasteiger partial charge in [0.15, 0.2) is 17.3 Å². The largest absolute Gasteiger partial charge is 0.295 e. The summed E-state index contributed by atoms with van der Waals surface area (Å²) >= 11 is 0. The number of carbonyl (C=O) groups is 3. The fraction of sp³-hybridized carbons (Fsp3) is 0.417. The van der Waals surface area contributed by atoms with E-state index in [9.17, 15) is 14.4 Å². The van der Waals surface area contributed by atoms with E-state index in [0.29, 0.717) is 42.4 Å². The molecule has 0 spiro atoms. The van der Waals surface area contributed by atoms with Gasteiger partial charge in [0, 0.05) is 30.4 Å². The quantitative estimate of drug-likeness (QED) is 0.650. The summed E-state index contributed by atoms with van der Waals surface area (Å²) in [4.78, 5) is 34.3. The summed E-state index contributed by atoms with van der Waals surface area (Å²) < 4.78 is 0. The smallest absolute Gasteiger partial charge is 0.160 e. The summed E-state index contributed by atoms with van der Waals surface area (Å²) in [6.07, 6.45) is 3.23. The maximum absolute atomic E-state index is 11.6. The Labute approximate surface area is 87.8 Å². The Bertz CT molecular complexity index is 424. The van der Waals surface area contributed by atoms with Crippen LogP contribution < -0.4 is 0 Å². The summed E-state index contributed by atoms with van der Waals surface area (Å²) in [6, 6.07) is 0. The van der Waals surface area contributed by atoms with Crippen LogP contribution in [0, 0.1) is 0 Å². The fourth-order valence-corrected chi connectivity index (χ4v) is 2.06. The average Bonchev–Trinajstić information content (AvgIpc) is 2.23. The first kappa shape index (κ1) is 10.0. The average molecular weight is 204 g/mol. The van der Waals surface area contributed by atoms with Crippen molar-refractivity contribution >= 4 is 17.3 Å². The van der Waals surface area contributed by atoms with Crippen molar-refractivity contribution in [3.8, 4) is 0 Å². The minimum atomic E-state index is -0.00706. The van der Waals surface area contributed by atoms with E-state index in [-0.39, 0.29) is 17.3 Å². The zero-order chi connectivity index (χ0) is 11.0. The molecule has 3 nitrogen and oxygen atoms in total. The van der Waals surface area contributed by atoms with E-state index in [1.54, 1.807) is 6.08 Å². The monoisotopic (exact) mass is 204 g/mol. The van der Waals surface area contributed by atoms with Crippen molar-refractivity contribution in [2.75, 3.05) is 0 Å². The summed E-state index contributed by atoms with van der Waals surface area (Å²) in [6.45, 7) is 1.49. The lowest BCUT2D eigenvalue weighted by Crippen LogP contribution is -2.22. The molecule has 78 valence electrons. The van der Waals surface area contributed by atoms with Gasteiger partial charge in [-0.05, 0) is 18.9 Å². The first-order valence-electron chi connectivity index (χ1n) is 5.08.